The molecule has 0 radical (unpaired) electrons. The molecule has 0 bridgehead atoms. The van der Waals surface area contributed by atoms with E-state index in [1.165, 1.54) is 0 Å². The van der Waals surface area contributed by atoms with Crippen LogP contribution >= 0.6 is 0 Å². The molecule has 0 atom stereocenters. The molecule has 0 heterocycles. The Morgan fingerprint density at radius 1 is 0.697 bits per heavy atom. The van der Waals surface area contributed by atoms with E-state index in [2.05, 4.69) is 74.6 Å². The van der Waals surface area contributed by atoms with E-state index in [1.54, 1.807) is 0 Å². The topological polar surface area (TPSA) is 55.4 Å². The highest BCUT2D eigenvalue weighted by molar-refractivity contribution is 5.78. The van der Waals surface area contributed by atoms with Crippen LogP contribution in [0, 0.1) is 27.1 Å². The molecule has 1 amide bonds. The highest BCUT2D eigenvalue weighted by atomic mass is 16.5. The zero-order valence-electron chi connectivity index (χ0n) is 24.8. The lowest BCUT2D eigenvalue weighted by molar-refractivity contribution is -0.182. The van der Waals surface area contributed by atoms with Gasteiger partial charge in [-0.05, 0) is 64.2 Å². The van der Waals surface area contributed by atoms with Crippen LogP contribution in [-0.4, -0.2) is 23.5 Å². The number of esters is 1. The van der Waals surface area contributed by atoms with Gasteiger partial charge in [-0.15, -0.1) is 0 Å². The number of hydrogen-bond acceptors (Lipinski definition) is 3. The molecule has 33 heavy (non-hydrogen) atoms. The molecule has 0 saturated carbocycles. The molecule has 4 heteroatoms. The van der Waals surface area contributed by atoms with Crippen molar-refractivity contribution in [1.82, 2.24) is 5.32 Å². The van der Waals surface area contributed by atoms with Gasteiger partial charge in [0.05, 0.1) is 5.41 Å². The third-order valence-electron chi connectivity index (χ3n) is 6.01. The van der Waals surface area contributed by atoms with Gasteiger partial charge >= 0.3 is 5.97 Å². The first-order valence-corrected chi connectivity index (χ1v) is 12.9. The molecular weight excluding hydrogens is 410 g/mol. The molecule has 0 aromatic rings. The highest BCUT2D eigenvalue weighted by Gasteiger charge is 2.48. The minimum absolute atomic E-state index is 0.0298. The van der Waals surface area contributed by atoms with Crippen molar-refractivity contribution < 1.29 is 14.3 Å². The minimum Gasteiger partial charge on any atom is -0.461 e. The zero-order valence-corrected chi connectivity index (χ0v) is 24.8. The summed E-state index contributed by atoms with van der Waals surface area (Å²) in [5.74, 6) is -0.156. The van der Waals surface area contributed by atoms with Gasteiger partial charge in [0.25, 0.3) is 0 Å². The number of rotatable bonds is 11. The maximum atomic E-state index is 13.7. The molecule has 0 aliphatic rings. The third-order valence-corrected chi connectivity index (χ3v) is 6.01. The first-order chi connectivity index (χ1) is 14.3. The fraction of sp³-hybridized carbons (Fsp3) is 0.931. The average Bonchev–Trinajstić information content (AvgIpc) is 2.45. The monoisotopic (exact) mass is 467 g/mol. The Labute approximate surface area is 206 Å². The van der Waals surface area contributed by atoms with E-state index in [9.17, 15) is 9.59 Å². The Balaban J connectivity index is 5.94. The van der Waals surface area contributed by atoms with Crippen molar-refractivity contribution in [3.05, 3.63) is 0 Å². The van der Waals surface area contributed by atoms with Crippen molar-refractivity contribution in [2.45, 2.75) is 148 Å². The molecule has 0 spiro atoms. The van der Waals surface area contributed by atoms with Crippen LogP contribution in [0.4, 0.5) is 0 Å². The van der Waals surface area contributed by atoms with E-state index >= 15 is 0 Å². The molecule has 0 unspecified atom stereocenters. The van der Waals surface area contributed by atoms with Crippen LogP contribution in [0.15, 0.2) is 0 Å². The number of hydrogen-bond donors (Lipinski definition) is 1. The summed E-state index contributed by atoms with van der Waals surface area (Å²) in [7, 11) is 0. The second-order valence-electron chi connectivity index (χ2n) is 15.5. The van der Waals surface area contributed by atoms with Crippen molar-refractivity contribution in [3.8, 4) is 0 Å². The van der Waals surface area contributed by atoms with E-state index in [0.29, 0.717) is 12.8 Å². The van der Waals surface area contributed by atoms with Gasteiger partial charge in [0.1, 0.15) is 6.10 Å². The Hall–Kier alpha value is -1.06. The molecule has 0 aliphatic carbocycles. The minimum atomic E-state index is -0.725. The number of ether oxygens (including phenoxy) is 1. The summed E-state index contributed by atoms with van der Waals surface area (Å²) in [6.07, 6.45) is 3.49. The van der Waals surface area contributed by atoms with Crippen LogP contribution in [0.25, 0.3) is 0 Å². The summed E-state index contributed by atoms with van der Waals surface area (Å²) < 4.78 is 6.48. The third kappa shape index (κ3) is 11.8. The van der Waals surface area contributed by atoms with Crippen LogP contribution in [0.3, 0.4) is 0 Å². The van der Waals surface area contributed by atoms with Crippen molar-refractivity contribution in [2.24, 2.45) is 27.1 Å². The Morgan fingerprint density at radius 3 is 1.42 bits per heavy atom. The van der Waals surface area contributed by atoms with Gasteiger partial charge in [-0.1, -0.05) is 76.2 Å². The summed E-state index contributed by atoms with van der Waals surface area (Å²) in [4.78, 5) is 25.8. The van der Waals surface area contributed by atoms with Crippen LogP contribution in [0.5, 0.6) is 0 Å². The first kappa shape index (κ1) is 31.9. The number of carbonyl (C=O) groups excluding carboxylic acids is 2. The number of carbonyl (C=O) groups is 2. The average molecular weight is 468 g/mol. The van der Waals surface area contributed by atoms with Crippen molar-refractivity contribution in [3.63, 3.8) is 0 Å². The SMILES string of the molecule is CCCC(=O)NC(C)(C)CC(C)(C)C(=O)OC(C(C)(C)CC(C)(C)C)C(C)(C)CC(C)(C)C. The van der Waals surface area contributed by atoms with Crippen molar-refractivity contribution >= 4 is 11.9 Å². The van der Waals surface area contributed by atoms with Gasteiger partial charge in [0.2, 0.25) is 5.91 Å². The van der Waals surface area contributed by atoms with Crippen molar-refractivity contribution in [2.75, 3.05) is 0 Å². The van der Waals surface area contributed by atoms with Gasteiger partial charge in [-0.25, -0.2) is 0 Å². The fourth-order valence-corrected chi connectivity index (χ4v) is 6.45. The Morgan fingerprint density at radius 2 is 1.09 bits per heavy atom. The van der Waals surface area contributed by atoms with E-state index in [4.69, 9.17) is 4.74 Å². The fourth-order valence-electron chi connectivity index (χ4n) is 6.45. The second-order valence-corrected chi connectivity index (χ2v) is 15.5. The second kappa shape index (κ2) is 10.7. The molecule has 4 nitrogen and oxygen atoms in total. The quantitative estimate of drug-likeness (QED) is 0.314. The summed E-state index contributed by atoms with van der Waals surface area (Å²) in [5.41, 5.74) is -1.36. The molecule has 1 N–H and O–H groups in total. The molecule has 0 aromatic carbocycles. The summed E-state index contributed by atoms with van der Waals surface area (Å²) >= 11 is 0. The summed E-state index contributed by atoms with van der Waals surface area (Å²) in [6, 6.07) is 0. The summed E-state index contributed by atoms with van der Waals surface area (Å²) in [5, 5.41) is 3.10. The van der Waals surface area contributed by atoms with Gasteiger partial charge in [0.15, 0.2) is 0 Å². The lowest BCUT2D eigenvalue weighted by atomic mass is 9.62. The van der Waals surface area contributed by atoms with Crippen LogP contribution < -0.4 is 5.32 Å². The van der Waals surface area contributed by atoms with Gasteiger partial charge < -0.3 is 10.1 Å². The zero-order chi connectivity index (χ0) is 26.7. The molecule has 0 fully saturated rings. The van der Waals surface area contributed by atoms with Crippen LogP contribution in [0.1, 0.15) is 136 Å². The normalized spacial score (nSPS) is 14.4. The first-order valence-electron chi connectivity index (χ1n) is 12.9. The molecule has 0 aliphatic heterocycles. The summed E-state index contributed by atoms with van der Waals surface area (Å²) in [6.45, 7) is 32.3. The standard InChI is InChI=1S/C29H57NO3/c1-16-17-21(31)30-29(14,15)20-28(12,13)23(32)33-22(26(8,9)18-24(2,3)4)27(10,11)19-25(5,6)7/h22H,16-20H2,1-15H3,(H,30,31). The van der Waals surface area contributed by atoms with E-state index in [1.807, 2.05) is 34.6 Å². The molecule has 196 valence electrons. The van der Waals surface area contributed by atoms with Crippen LogP contribution in [0.2, 0.25) is 0 Å². The maximum Gasteiger partial charge on any atom is 0.311 e. The van der Waals surface area contributed by atoms with Gasteiger partial charge in [0, 0.05) is 22.8 Å². The highest BCUT2D eigenvalue weighted by Crippen LogP contribution is 2.48. The van der Waals surface area contributed by atoms with E-state index in [-0.39, 0.29) is 39.6 Å². The van der Waals surface area contributed by atoms with E-state index < -0.39 is 11.0 Å². The van der Waals surface area contributed by atoms with Crippen LogP contribution in [-0.2, 0) is 14.3 Å². The molecule has 0 aromatic heterocycles. The predicted molar refractivity (Wildman–Crippen MR) is 141 cm³/mol. The van der Waals surface area contributed by atoms with Gasteiger partial charge in [-0.2, -0.15) is 0 Å². The van der Waals surface area contributed by atoms with Crippen molar-refractivity contribution in [1.29, 1.82) is 0 Å². The smallest absolute Gasteiger partial charge is 0.311 e. The number of nitrogens with one attached hydrogen (secondary N) is 1. The Bertz CT molecular complexity index is 629. The molecule has 0 rings (SSSR count). The predicted octanol–water partition coefficient (Wildman–Crippen LogP) is 7.93. The Kier molecular flexibility index (Phi) is 10.3. The maximum absolute atomic E-state index is 13.7. The number of amides is 1. The lowest BCUT2D eigenvalue weighted by Gasteiger charge is -2.49. The lowest BCUT2D eigenvalue weighted by Crippen LogP contribution is -2.51. The van der Waals surface area contributed by atoms with Gasteiger partial charge in [-0.3, -0.25) is 9.59 Å². The van der Waals surface area contributed by atoms with E-state index in [0.717, 1.165) is 19.3 Å². The molecule has 0 saturated heterocycles. The molecular formula is C29H57NO3. The largest absolute Gasteiger partial charge is 0.461 e.